The van der Waals surface area contributed by atoms with Crippen LogP contribution >= 0.6 is 0 Å². The van der Waals surface area contributed by atoms with Crippen molar-refractivity contribution in [3.05, 3.63) is 70.1 Å². The van der Waals surface area contributed by atoms with Crippen LogP contribution in [0.4, 0.5) is 22.8 Å². The summed E-state index contributed by atoms with van der Waals surface area (Å²) in [6.45, 7) is 10.9. The number of aryl methyl sites for hydroxylation is 2. The van der Waals surface area contributed by atoms with Crippen LogP contribution < -0.4 is 10.6 Å². The van der Waals surface area contributed by atoms with Crippen LogP contribution in [-0.2, 0) is 28.5 Å². The summed E-state index contributed by atoms with van der Waals surface area (Å²) >= 11 is 0. The summed E-state index contributed by atoms with van der Waals surface area (Å²) in [5, 5.41) is 18.0. The molecule has 2 atom stereocenters. The van der Waals surface area contributed by atoms with Gasteiger partial charge in [0, 0.05) is 5.56 Å². The molecule has 45 heavy (non-hydrogen) atoms. The fourth-order valence-electron chi connectivity index (χ4n) is 5.10. The van der Waals surface area contributed by atoms with E-state index in [9.17, 15) is 22.8 Å². The quantitative estimate of drug-likeness (QED) is 0.308. The fraction of sp³-hybridized carbons (Fsp3) is 0.469. The molecular weight excluding hydrogens is 591 g/mol. The third kappa shape index (κ3) is 8.97. The molecular formula is C32H36F3N5O5. The number of hydrogen-bond acceptors (Lipinski definition) is 8. The van der Waals surface area contributed by atoms with Gasteiger partial charge in [0.2, 0.25) is 5.82 Å². The number of nitrogens with one attached hydrogen (secondary N) is 2. The van der Waals surface area contributed by atoms with Crippen molar-refractivity contribution in [3.63, 3.8) is 0 Å². The lowest BCUT2D eigenvalue weighted by molar-refractivity contribution is -0.159. The van der Waals surface area contributed by atoms with Crippen molar-refractivity contribution in [1.29, 1.82) is 5.26 Å². The Labute approximate surface area is 259 Å². The van der Waals surface area contributed by atoms with Crippen LogP contribution in [-0.4, -0.2) is 33.5 Å². The zero-order valence-corrected chi connectivity index (χ0v) is 26.0. The van der Waals surface area contributed by atoms with Gasteiger partial charge in [-0.15, -0.1) is 0 Å². The van der Waals surface area contributed by atoms with Gasteiger partial charge in [-0.05, 0) is 108 Å². The number of hydrogen-bond donors (Lipinski definition) is 2. The smallest absolute Gasteiger partial charge is 0.444 e. The lowest BCUT2D eigenvalue weighted by atomic mass is 10.0. The second-order valence-corrected chi connectivity index (χ2v) is 12.8. The monoisotopic (exact) mass is 627 g/mol. The number of carbonyl (C=O) groups excluding carboxylic acids is 2. The Balaban J connectivity index is 0.000000215. The minimum Gasteiger partial charge on any atom is -0.444 e. The average Bonchev–Trinajstić information content (AvgIpc) is 3.65. The molecule has 3 aromatic rings. The summed E-state index contributed by atoms with van der Waals surface area (Å²) in [6.07, 6.45) is -2.49. The van der Waals surface area contributed by atoms with Crippen LogP contribution in [0.1, 0.15) is 100 Å². The number of alkyl halides is 3. The maximum atomic E-state index is 12.6. The lowest BCUT2D eigenvalue weighted by Gasteiger charge is -2.22. The van der Waals surface area contributed by atoms with Gasteiger partial charge in [-0.25, -0.2) is 9.59 Å². The van der Waals surface area contributed by atoms with E-state index in [4.69, 9.17) is 14.7 Å². The number of alkyl carbamates (subject to hydrolysis) is 2. The lowest BCUT2D eigenvalue weighted by Crippen LogP contribution is -2.34. The molecule has 1 aromatic heterocycles. The topological polar surface area (TPSA) is 139 Å². The fourth-order valence-corrected chi connectivity index (χ4v) is 5.10. The van der Waals surface area contributed by atoms with E-state index in [1.54, 1.807) is 45.0 Å². The van der Waals surface area contributed by atoms with Crippen LogP contribution in [0.5, 0.6) is 0 Å². The Morgan fingerprint density at radius 2 is 1.38 bits per heavy atom. The van der Waals surface area contributed by atoms with Crippen molar-refractivity contribution in [2.45, 2.75) is 96.7 Å². The molecule has 1 heterocycles. The number of carbonyl (C=O) groups is 2. The van der Waals surface area contributed by atoms with Gasteiger partial charge in [0.25, 0.3) is 0 Å². The molecule has 0 aliphatic heterocycles. The second-order valence-electron chi connectivity index (χ2n) is 12.8. The molecule has 2 N–H and O–H groups in total. The van der Waals surface area contributed by atoms with Crippen LogP contribution in [0.15, 0.2) is 40.9 Å². The predicted molar refractivity (Wildman–Crippen MR) is 157 cm³/mol. The van der Waals surface area contributed by atoms with E-state index in [0.29, 0.717) is 24.0 Å². The molecule has 0 unspecified atom stereocenters. The molecule has 2 aromatic carbocycles. The summed E-state index contributed by atoms with van der Waals surface area (Å²) in [4.78, 5) is 27.1. The highest BCUT2D eigenvalue weighted by atomic mass is 19.4. The van der Waals surface area contributed by atoms with E-state index in [2.05, 4.69) is 31.4 Å². The van der Waals surface area contributed by atoms with Crippen LogP contribution in [0.3, 0.4) is 0 Å². The highest BCUT2D eigenvalue weighted by Gasteiger charge is 2.38. The van der Waals surface area contributed by atoms with Gasteiger partial charge < -0.3 is 24.6 Å². The Bertz CT molecular complexity index is 1600. The molecule has 2 amide bonds. The van der Waals surface area contributed by atoms with Crippen molar-refractivity contribution in [1.82, 2.24) is 20.8 Å². The number of halogens is 3. The van der Waals surface area contributed by atoms with Gasteiger partial charge in [0.05, 0.1) is 23.7 Å². The molecule has 2 aliphatic rings. The van der Waals surface area contributed by atoms with Crippen molar-refractivity contribution < 1.29 is 36.8 Å². The third-order valence-corrected chi connectivity index (χ3v) is 6.88. The predicted octanol–water partition coefficient (Wildman–Crippen LogP) is 7.34. The SMILES string of the molecule is CC(C)(C)OC(=O)N[C@H]1CCc2cc(-c3noc(C(F)(F)F)n3)ccc21.CC(C)(C)OC(=O)N[C@H]1CCc2cc(C#N)ccc21. The second kappa shape index (κ2) is 12.8. The van der Waals surface area contributed by atoms with Gasteiger partial charge in [-0.2, -0.15) is 23.4 Å². The molecule has 0 radical (unpaired) electrons. The normalized spacial score (nSPS) is 17.2. The summed E-state index contributed by atoms with van der Waals surface area (Å²) in [7, 11) is 0. The number of amides is 2. The molecule has 0 saturated heterocycles. The first-order chi connectivity index (χ1) is 20.9. The summed E-state index contributed by atoms with van der Waals surface area (Å²) in [5.41, 5.74) is 4.06. The minimum atomic E-state index is -4.68. The molecule has 2 aliphatic carbocycles. The molecule has 5 rings (SSSR count). The van der Waals surface area contributed by atoms with Gasteiger partial charge in [0.15, 0.2) is 0 Å². The maximum Gasteiger partial charge on any atom is 0.471 e. The maximum absolute atomic E-state index is 12.6. The van der Waals surface area contributed by atoms with Crippen LogP contribution in [0, 0.1) is 11.3 Å². The number of ether oxygens (including phenoxy) is 2. The first-order valence-corrected chi connectivity index (χ1v) is 14.5. The number of benzene rings is 2. The minimum absolute atomic E-state index is 0.0161. The van der Waals surface area contributed by atoms with E-state index < -0.39 is 35.5 Å². The average molecular weight is 628 g/mol. The van der Waals surface area contributed by atoms with Crippen LogP contribution in [0.25, 0.3) is 11.4 Å². The third-order valence-electron chi connectivity index (χ3n) is 6.88. The van der Waals surface area contributed by atoms with Crippen LogP contribution in [0.2, 0.25) is 0 Å². The highest BCUT2D eigenvalue weighted by molar-refractivity contribution is 5.69. The Hall–Kier alpha value is -4.60. The molecule has 0 fully saturated rings. The van der Waals surface area contributed by atoms with E-state index in [1.165, 1.54) is 0 Å². The molecule has 240 valence electrons. The molecule has 0 spiro atoms. The number of nitrogens with zero attached hydrogens (tertiary/aromatic N) is 3. The van der Waals surface area contributed by atoms with Crippen molar-refractivity contribution in [2.75, 3.05) is 0 Å². The van der Waals surface area contributed by atoms with Crippen molar-refractivity contribution in [2.24, 2.45) is 0 Å². The zero-order chi connectivity index (χ0) is 33.2. The van der Waals surface area contributed by atoms with Crippen molar-refractivity contribution in [3.8, 4) is 17.5 Å². The molecule has 0 bridgehead atoms. The Morgan fingerprint density at radius 3 is 1.84 bits per heavy atom. The number of nitriles is 1. The first kappa shape index (κ1) is 33.3. The zero-order valence-electron chi connectivity index (χ0n) is 26.0. The van der Waals surface area contributed by atoms with E-state index in [0.717, 1.165) is 35.1 Å². The van der Waals surface area contributed by atoms with E-state index >= 15 is 0 Å². The summed E-state index contributed by atoms with van der Waals surface area (Å²) in [6, 6.07) is 12.6. The van der Waals surface area contributed by atoms with E-state index in [1.807, 2.05) is 32.9 Å². The number of rotatable bonds is 3. The molecule has 13 heteroatoms. The molecule has 10 nitrogen and oxygen atoms in total. The van der Waals surface area contributed by atoms with Gasteiger partial charge in [-0.1, -0.05) is 23.4 Å². The Kier molecular flexibility index (Phi) is 9.46. The van der Waals surface area contributed by atoms with Gasteiger partial charge >= 0.3 is 24.3 Å². The summed E-state index contributed by atoms with van der Waals surface area (Å²) < 4.78 is 52.5. The number of fused-ring (bicyclic) bond motifs is 2. The number of aromatic nitrogens is 2. The van der Waals surface area contributed by atoms with Crippen molar-refractivity contribution >= 4 is 12.2 Å². The van der Waals surface area contributed by atoms with Gasteiger partial charge in [-0.3, -0.25) is 0 Å². The standard InChI is InChI=1S/C17H18F3N3O3.C15H18N2O2/c1-16(2,3)25-15(24)21-12-7-5-9-8-10(4-6-11(9)12)13-22-14(26-23-13)17(18,19)20;1-15(2,3)19-14(18)17-13-7-5-11-8-10(9-16)4-6-12(11)13/h4,6,8,12H,5,7H2,1-3H3,(H,21,24);4,6,8,13H,5,7H2,1-3H3,(H,17,18)/t12-;13-/m00/s1. The Morgan fingerprint density at radius 1 is 0.867 bits per heavy atom. The first-order valence-electron chi connectivity index (χ1n) is 14.5. The van der Waals surface area contributed by atoms with E-state index in [-0.39, 0.29) is 17.9 Å². The largest absolute Gasteiger partial charge is 0.471 e. The summed E-state index contributed by atoms with van der Waals surface area (Å²) in [5.74, 6) is -1.50. The molecule has 0 saturated carbocycles. The highest BCUT2D eigenvalue weighted by Crippen LogP contribution is 2.35. The van der Waals surface area contributed by atoms with Gasteiger partial charge in [0.1, 0.15) is 11.2 Å².